The van der Waals surface area contributed by atoms with Gasteiger partial charge in [0.2, 0.25) is 0 Å². The van der Waals surface area contributed by atoms with Gasteiger partial charge in [-0.05, 0) is 53.1 Å². The van der Waals surface area contributed by atoms with Gasteiger partial charge in [0, 0.05) is 12.7 Å². The van der Waals surface area contributed by atoms with E-state index in [4.69, 9.17) is 0 Å². The van der Waals surface area contributed by atoms with Crippen LogP contribution in [0.25, 0.3) is 10.6 Å². The molecule has 0 saturated carbocycles. The average Bonchev–Trinajstić information content (AvgIpc) is 3.35. The second kappa shape index (κ2) is 7.39. The molecule has 0 spiro atoms. The Kier molecular flexibility index (Phi) is 4.81. The highest BCUT2D eigenvalue weighted by atomic mass is 32.1. The zero-order valence-electron chi connectivity index (χ0n) is 14.1. The molecule has 0 amide bonds. The van der Waals surface area contributed by atoms with Crippen molar-refractivity contribution < 1.29 is 4.39 Å². The van der Waals surface area contributed by atoms with Gasteiger partial charge in [-0.15, -0.1) is 0 Å². The van der Waals surface area contributed by atoms with E-state index in [-0.39, 0.29) is 5.82 Å². The van der Waals surface area contributed by atoms with Crippen molar-refractivity contribution in [1.82, 2.24) is 14.8 Å². The zero-order chi connectivity index (χ0) is 17.9. The molecule has 132 valence electrons. The molecule has 0 saturated heterocycles. The highest BCUT2D eigenvalue weighted by Crippen LogP contribution is 2.31. The van der Waals surface area contributed by atoms with Gasteiger partial charge in [0.25, 0.3) is 0 Å². The standard InChI is InChI=1S/C19H17FN4S2/c1-13-18(17-5-7-24(23-17)11-15-6-8-25-12-15)26-19(22-13)21-10-14-3-2-4-16(20)9-14/h2-9,12H,10-11H2,1H3,(H,21,22). The van der Waals surface area contributed by atoms with E-state index in [2.05, 4.69) is 32.2 Å². The van der Waals surface area contributed by atoms with Crippen LogP contribution in [0.1, 0.15) is 16.8 Å². The van der Waals surface area contributed by atoms with E-state index >= 15 is 0 Å². The first-order valence-corrected chi connectivity index (χ1v) is 9.94. The van der Waals surface area contributed by atoms with Gasteiger partial charge < -0.3 is 5.32 Å². The Labute approximate surface area is 159 Å². The van der Waals surface area contributed by atoms with E-state index in [0.29, 0.717) is 6.54 Å². The van der Waals surface area contributed by atoms with Gasteiger partial charge in [-0.2, -0.15) is 16.4 Å². The fraction of sp³-hybridized carbons (Fsp3) is 0.158. The molecule has 3 heterocycles. The maximum Gasteiger partial charge on any atom is 0.183 e. The third-order valence-electron chi connectivity index (χ3n) is 3.93. The minimum Gasteiger partial charge on any atom is -0.357 e. The van der Waals surface area contributed by atoms with E-state index in [1.54, 1.807) is 28.7 Å². The first-order chi connectivity index (χ1) is 12.7. The molecule has 4 aromatic rings. The molecule has 0 aliphatic carbocycles. The van der Waals surface area contributed by atoms with Crippen molar-refractivity contribution in [2.24, 2.45) is 0 Å². The molecule has 0 radical (unpaired) electrons. The summed E-state index contributed by atoms with van der Waals surface area (Å²) in [7, 11) is 0. The third kappa shape index (κ3) is 3.84. The molecule has 7 heteroatoms. The Balaban J connectivity index is 1.47. The highest BCUT2D eigenvalue weighted by Gasteiger charge is 2.12. The number of aromatic nitrogens is 3. The van der Waals surface area contributed by atoms with E-state index in [1.165, 1.54) is 17.7 Å². The molecule has 4 rings (SSSR count). The van der Waals surface area contributed by atoms with Crippen LogP contribution >= 0.6 is 22.7 Å². The summed E-state index contributed by atoms with van der Waals surface area (Å²) in [4.78, 5) is 5.63. The van der Waals surface area contributed by atoms with Crippen LogP contribution in [0.4, 0.5) is 9.52 Å². The number of anilines is 1. The maximum absolute atomic E-state index is 13.3. The Hall–Kier alpha value is -2.51. The fourth-order valence-corrected chi connectivity index (χ4v) is 4.26. The number of halogens is 1. The molecule has 1 N–H and O–H groups in total. The Morgan fingerprint density at radius 2 is 2.12 bits per heavy atom. The topological polar surface area (TPSA) is 42.7 Å². The lowest BCUT2D eigenvalue weighted by atomic mass is 10.2. The first-order valence-electron chi connectivity index (χ1n) is 8.18. The maximum atomic E-state index is 13.3. The van der Waals surface area contributed by atoms with Crippen LogP contribution in [0.15, 0.2) is 53.4 Å². The number of hydrogen-bond acceptors (Lipinski definition) is 5. The fourth-order valence-electron chi connectivity index (χ4n) is 2.67. The Morgan fingerprint density at radius 1 is 1.19 bits per heavy atom. The summed E-state index contributed by atoms with van der Waals surface area (Å²) in [5.74, 6) is -0.225. The smallest absolute Gasteiger partial charge is 0.183 e. The normalized spacial score (nSPS) is 11.0. The monoisotopic (exact) mass is 384 g/mol. The summed E-state index contributed by atoms with van der Waals surface area (Å²) >= 11 is 3.26. The SMILES string of the molecule is Cc1nc(NCc2cccc(F)c2)sc1-c1ccn(Cc2ccsc2)n1. The predicted octanol–water partition coefficient (Wildman–Crippen LogP) is 5.18. The summed E-state index contributed by atoms with van der Waals surface area (Å²) in [6, 6.07) is 10.7. The molecule has 1 aromatic carbocycles. The number of nitrogens with zero attached hydrogens (tertiary/aromatic N) is 3. The van der Waals surface area contributed by atoms with Gasteiger partial charge >= 0.3 is 0 Å². The van der Waals surface area contributed by atoms with Gasteiger partial charge in [0.1, 0.15) is 11.5 Å². The number of nitrogens with one attached hydrogen (secondary N) is 1. The van der Waals surface area contributed by atoms with E-state index in [0.717, 1.165) is 33.5 Å². The minimum atomic E-state index is -0.225. The lowest BCUT2D eigenvalue weighted by Gasteiger charge is -2.02. The number of hydrogen-bond donors (Lipinski definition) is 1. The minimum absolute atomic E-state index is 0.225. The van der Waals surface area contributed by atoms with Gasteiger partial charge in [-0.3, -0.25) is 4.68 Å². The van der Waals surface area contributed by atoms with Crippen LogP contribution in [-0.4, -0.2) is 14.8 Å². The molecule has 3 aromatic heterocycles. The highest BCUT2D eigenvalue weighted by molar-refractivity contribution is 7.19. The van der Waals surface area contributed by atoms with Crippen molar-refractivity contribution in [1.29, 1.82) is 0 Å². The summed E-state index contributed by atoms with van der Waals surface area (Å²) in [6.45, 7) is 3.29. The van der Waals surface area contributed by atoms with Gasteiger partial charge in [-0.25, -0.2) is 9.37 Å². The Morgan fingerprint density at radius 3 is 2.92 bits per heavy atom. The van der Waals surface area contributed by atoms with Gasteiger partial charge in [0.15, 0.2) is 5.13 Å². The van der Waals surface area contributed by atoms with Crippen molar-refractivity contribution >= 4 is 27.8 Å². The van der Waals surface area contributed by atoms with Crippen LogP contribution in [0.2, 0.25) is 0 Å². The third-order valence-corrected chi connectivity index (χ3v) is 5.80. The second-order valence-electron chi connectivity index (χ2n) is 5.95. The molecule has 0 unspecified atom stereocenters. The number of thiophene rings is 1. The summed E-state index contributed by atoms with van der Waals surface area (Å²) in [6.07, 6.45) is 1.99. The molecule has 4 nitrogen and oxygen atoms in total. The van der Waals surface area contributed by atoms with Crippen molar-refractivity contribution in [3.8, 4) is 10.6 Å². The molecular formula is C19H17FN4S2. The molecule has 0 atom stereocenters. The van der Waals surface area contributed by atoms with Gasteiger partial charge in [0.05, 0.1) is 17.1 Å². The molecule has 26 heavy (non-hydrogen) atoms. The lowest BCUT2D eigenvalue weighted by Crippen LogP contribution is -1.99. The second-order valence-corrected chi connectivity index (χ2v) is 7.73. The number of aryl methyl sites for hydroxylation is 1. The number of thiazole rings is 1. The van der Waals surface area contributed by atoms with E-state index in [1.807, 2.05) is 29.9 Å². The molecular weight excluding hydrogens is 367 g/mol. The van der Waals surface area contributed by atoms with Crippen molar-refractivity contribution in [2.75, 3.05) is 5.32 Å². The quantitative estimate of drug-likeness (QED) is 0.498. The van der Waals surface area contributed by atoms with Crippen LogP contribution in [0, 0.1) is 12.7 Å². The first kappa shape index (κ1) is 16.9. The Bertz CT molecular complexity index is 1000. The van der Waals surface area contributed by atoms with Crippen molar-refractivity contribution in [2.45, 2.75) is 20.0 Å². The summed E-state index contributed by atoms with van der Waals surface area (Å²) in [5, 5.41) is 13.0. The van der Waals surface area contributed by atoms with Crippen LogP contribution in [0.3, 0.4) is 0 Å². The van der Waals surface area contributed by atoms with E-state index < -0.39 is 0 Å². The van der Waals surface area contributed by atoms with Crippen molar-refractivity contribution in [3.63, 3.8) is 0 Å². The largest absolute Gasteiger partial charge is 0.357 e. The van der Waals surface area contributed by atoms with Crippen LogP contribution in [0.5, 0.6) is 0 Å². The molecule has 0 bridgehead atoms. The molecule has 0 aliphatic rings. The van der Waals surface area contributed by atoms with Crippen LogP contribution in [-0.2, 0) is 13.1 Å². The zero-order valence-corrected chi connectivity index (χ0v) is 15.8. The average molecular weight is 385 g/mol. The molecule has 0 fully saturated rings. The number of benzene rings is 1. The lowest BCUT2D eigenvalue weighted by molar-refractivity contribution is 0.626. The van der Waals surface area contributed by atoms with Crippen LogP contribution < -0.4 is 5.32 Å². The summed E-state index contributed by atoms with van der Waals surface area (Å²) in [5.41, 5.74) is 4.01. The summed E-state index contributed by atoms with van der Waals surface area (Å²) < 4.78 is 15.2. The van der Waals surface area contributed by atoms with Gasteiger partial charge in [-0.1, -0.05) is 23.5 Å². The van der Waals surface area contributed by atoms with Crippen molar-refractivity contribution in [3.05, 3.63) is 76.0 Å². The van der Waals surface area contributed by atoms with E-state index in [9.17, 15) is 4.39 Å². The molecule has 0 aliphatic heterocycles. The predicted molar refractivity (Wildman–Crippen MR) is 105 cm³/mol. The number of rotatable bonds is 6.